The molecule has 152 valence electrons. The molecule has 6 nitrogen and oxygen atoms in total. The van der Waals surface area contributed by atoms with Gasteiger partial charge in [-0.1, -0.05) is 19.3 Å². The number of carbonyl (C=O) groups is 3. The van der Waals surface area contributed by atoms with Crippen molar-refractivity contribution in [2.24, 2.45) is 0 Å². The average molecular weight is 404 g/mol. The van der Waals surface area contributed by atoms with E-state index in [-0.39, 0.29) is 30.3 Å². The van der Waals surface area contributed by atoms with Gasteiger partial charge in [-0.15, -0.1) is 11.8 Å². The van der Waals surface area contributed by atoms with Crippen molar-refractivity contribution >= 4 is 35.2 Å². The third-order valence-corrected chi connectivity index (χ3v) is 6.52. The Morgan fingerprint density at radius 3 is 2.57 bits per heavy atom. The van der Waals surface area contributed by atoms with E-state index in [1.54, 1.807) is 11.0 Å². The summed E-state index contributed by atoms with van der Waals surface area (Å²) in [6.07, 6.45) is 5.53. The number of nitrogens with zero attached hydrogens (tertiary/aromatic N) is 2. The minimum absolute atomic E-state index is 0.00576. The molecule has 3 amide bonds. The van der Waals surface area contributed by atoms with Gasteiger partial charge in [0.25, 0.3) is 5.91 Å². The Morgan fingerprint density at radius 1 is 1.18 bits per heavy atom. The second-order valence-electron chi connectivity index (χ2n) is 7.33. The summed E-state index contributed by atoms with van der Waals surface area (Å²) in [6, 6.07) is 5.66. The van der Waals surface area contributed by atoms with E-state index in [0.717, 1.165) is 30.6 Å². The van der Waals surface area contributed by atoms with Gasteiger partial charge in [0.2, 0.25) is 11.8 Å². The fourth-order valence-corrected chi connectivity index (χ4v) is 4.78. The van der Waals surface area contributed by atoms with E-state index in [2.05, 4.69) is 5.32 Å². The molecule has 1 aliphatic heterocycles. The van der Waals surface area contributed by atoms with Gasteiger partial charge in [0.15, 0.2) is 0 Å². The summed E-state index contributed by atoms with van der Waals surface area (Å²) in [5.74, 6) is 0.0392. The van der Waals surface area contributed by atoms with Crippen molar-refractivity contribution in [1.82, 2.24) is 10.2 Å². The van der Waals surface area contributed by atoms with Crippen LogP contribution in [0.5, 0.6) is 0 Å². The van der Waals surface area contributed by atoms with Crippen LogP contribution in [0.15, 0.2) is 23.1 Å². The minimum atomic E-state index is -0.126. The van der Waals surface area contributed by atoms with Crippen molar-refractivity contribution in [3.63, 3.8) is 0 Å². The average Bonchev–Trinajstić information content (AvgIpc) is 2.71. The van der Waals surface area contributed by atoms with Crippen LogP contribution in [0.2, 0.25) is 0 Å². The van der Waals surface area contributed by atoms with E-state index in [1.165, 1.54) is 23.1 Å². The van der Waals surface area contributed by atoms with E-state index < -0.39 is 0 Å². The molecule has 0 radical (unpaired) electrons. The highest BCUT2D eigenvalue weighted by Gasteiger charge is 2.28. The molecule has 2 aliphatic rings. The van der Waals surface area contributed by atoms with Crippen LogP contribution >= 0.6 is 11.8 Å². The van der Waals surface area contributed by atoms with Crippen LogP contribution in [0.3, 0.4) is 0 Å². The summed E-state index contributed by atoms with van der Waals surface area (Å²) < 4.78 is 0. The Labute approximate surface area is 171 Å². The number of anilines is 1. The summed E-state index contributed by atoms with van der Waals surface area (Å²) >= 11 is 1.46. The van der Waals surface area contributed by atoms with Crippen LogP contribution in [-0.4, -0.2) is 54.1 Å². The summed E-state index contributed by atoms with van der Waals surface area (Å²) in [6.45, 7) is 5.16. The number of thioether (sulfide) groups is 1. The third kappa shape index (κ3) is 4.69. The first-order chi connectivity index (χ1) is 13.5. The fourth-order valence-electron chi connectivity index (χ4n) is 3.87. The van der Waals surface area contributed by atoms with Crippen molar-refractivity contribution in [3.05, 3.63) is 23.8 Å². The molecule has 1 fully saturated rings. The molecule has 1 aromatic carbocycles. The van der Waals surface area contributed by atoms with E-state index in [1.807, 2.05) is 26.0 Å². The van der Waals surface area contributed by atoms with Gasteiger partial charge in [-0.2, -0.15) is 0 Å². The molecule has 1 N–H and O–H groups in total. The highest BCUT2D eigenvalue weighted by atomic mass is 32.2. The Morgan fingerprint density at radius 2 is 1.89 bits per heavy atom. The number of nitrogens with one attached hydrogen (secondary N) is 1. The van der Waals surface area contributed by atoms with E-state index >= 15 is 0 Å². The monoisotopic (exact) mass is 403 g/mol. The normalized spacial score (nSPS) is 17.2. The van der Waals surface area contributed by atoms with Crippen LogP contribution in [0.4, 0.5) is 5.69 Å². The lowest BCUT2D eigenvalue weighted by molar-refractivity contribution is -0.123. The second kappa shape index (κ2) is 9.45. The van der Waals surface area contributed by atoms with Crippen LogP contribution in [0.25, 0.3) is 0 Å². The Hall–Kier alpha value is -2.02. The SMILES string of the molecule is CCN(CC)C(=O)c1ccc2c(c1)N(CC(=O)NC1CCCCC1)C(=O)CS2. The van der Waals surface area contributed by atoms with Gasteiger partial charge in [-0.05, 0) is 44.9 Å². The van der Waals surface area contributed by atoms with Crippen LogP contribution in [-0.2, 0) is 9.59 Å². The molecule has 0 bridgehead atoms. The summed E-state index contributed by atoms with van der Waals surface area (Å²) in [5, 5.41) is 3.08. The predicted octanol–water partition coefficient (Wildman–Crippen LogP) is 3.06. The van der Waals surface area contributed by atoms with Crippen LogP contribution in [0.1, 0.15) is 56.3 Å². The number of carbonyl (C=O) groups excluding carboxylic acids is 3. The maximum atomic E-state index is 12.7. The minimum Gasteiger partial charge on any atom is -0.352 e. The van der Waals surface area contributed by atoms with Gasteiger partial charge >= 0.3 is 0 Å². The van der Waals surface area contributed by atoms with Crippen molar-refractivity contribution < 1.29 is 14.4 Å². The molecule has 1 aromatic rings. The molecular weight excluding hydrogens is 374 g/mol. The van der Waals surface area contributed by atoms with Crippen molar-refractivity contribution in [3.8, 4) is 0 Å². The maximum Gasteiger partial charge on any atom is 0.253 e. The molecule has 1 aliphatic carbocycles. The number of amides is 3. The van der Waals surface area contributed by atoms with Crippen molar-refractivity contribution in [2.75, 3.05) is 30.3 Å². The van der Waals surface area contributed by atoms with Gasteiger partial charge in [0.05, 0.1) is 11.4 Å². The van der Waals surface area contributed by atoms with Gasteiger partial charge in [0.1, 0.15) is 6.54 Å². The number of benzene rings is 1. The number of hydrogen-bond acceptors (Lipinski definition) is 4. The van der Waals surface area contributed by atoms with Crippen molar-refractivity contribution in [1.29, 1.82) is 0 Å². The molecule has 0 saturated heterocycles. The standard InChI is InChI=1S/C21H29N3O3S/c1-3-23(4-2)21(27)15-10-11-18-17(12-15)24(20(26)14-28-18)13-19(25)22-16-8-6-5-7-9-16/h10-12,16H,3-9,13-14H2,1-2H3,(H,22,25). The molecule has 0 aromatic heterocycles. The van der Waals surface area contributed by atoms with E-state index in [0.29, 0.717) is 30.1 Å². The first kappa shape index (κ1) is 20.7. The van der Waals surface area contributed by atoms with Crippen LogP contribution < -0.4 is 10.2 Å². The Kier molecular flexibility index (Phi) is 6.99. The molecule has 28 heavy (non-hydrogen) atoms. The first-order valence-corrected chi connectivity index (χ1v) is 11.2. The van der Waals surface area contributed by atoms with E-state index in [9.17, 15) is 14.4 Å². The van der Waals surface area contributed by atoms with Gasteiger partial charge in [-0.25, -0.2) is 0 Å². The van der Waals surface area contributed by atoms with Crippen molar-refractivity contribution in [2.45, 2.75) is 56.9 Å². The third-order valence-electron chi connectivity index (χ3n) is 5.47. The lowest BCUT2D eigenvalue weighted by Gasteiger charge is -2.30. The zero-order valence-electron chi connectivity index (χ0n) is 16.7. The highest BCUT2D eigenvalue weighted by molar-refractivity contribution is 8.00. The maximum absolute atomic E-state index is 12.7. The molecule has 1 saturated carbocycles. The van der Waals surface area contributed by atoms with Gasteiger partial charge < -0.3 is 15.1 Å². The number of rotatable bonds is 6. The van der Waals surface area contributed by atoms with Gasteiger partial charge in [0, 0.05) is 29.6 Å². The molecule has 3 rings (SSSR count). The lowest BCUT2D eigenvalue weighted by Crippen LogP contribution is -2.46. The molecular formula is C21H29N3O3S. The van der Waals surface area contributed by atoms with Crippen LogP contribution in [0, 0.1) is 0 Å². The topological polar surface area (TPSA) is 69.7 Å². The first-order valence-electron chi connectivity index (χ1n) is 10.2. The van der Waals surface area contributed by atoms with E-state index in [4.69, 9.17) is 0 Å². The second-order valence-corrected chi connectivity index (χ2v) is 8.35. The molecule has 1 heterocycles. The number of hydrogen-bond donors (Lipinski definition) is 1. The predicted molar refractivity (Wildman–Crippen MR) is 112 cm³/mol. The Bertz CT molecular complexity index is 742. The Balaban J connectivity index is 1.77. The molecule has 0 spiro atoms. The molecule has 7 heteroatoms. The summed E-state index contributed by atoms with van der Waals surface area (Å²) in [4.78, 5) is 42.0. The zero-order chi connectivity index (χ0) is 20.1. The molecule has 0 atom stereocenters. The summed E-state index contributed by atoms with van der Waals surface area (Å²) in [7, 11) is 0. The quantitative estimate of drug-likeness (QED) is 0.793. The fraction of sp³-hybridized carbons (Fsp3) is 0.571. The lowest BCUT2D eigenvalue weighted by atomic mass is 9.95. The highest BCUT2D eigenvalue weighted by Crippen LogP contribution is 2.36. The summed E-state index contributed by atoms with van der Waals surface area (Å²) in [5.41, 5.74) is 1.22. The number of fused-ring (bicyclic) bond motifs is 1. The zero-order valence-corrected chi connectivity index (χ0v) is 17.5. The smallest absolute Gasteiger partial charge is 0.253 e. The molecule has 0 unspecified atom stereocenters. The van der Waals surface area contributed by atoms with Gasteiger partial charge in [-0.3, -0.25) is 14.4 Å². The largest absolute Gasteiger partial charge is 0.352 e.